The van der Waals surface area contributed by atoms with Gasteiger partial charge in [0.2, 0.25) is 5.91 Å². The SMILES string of the molecule is Cc1nc(C)c(C(=O)NCC(=O)N[C@@H](CC(C)C)C(=O)O)s1. The molecule has 0 aromatic carbocycles. The lowest BCUT2D eigenvalue weighted by Crippen LogP contribution is -2.46. The monoisotopic (exact) mass is 327 g/mol. The number of hydrogen-bond acceptors (Lipinski definition) is 5. The molecule has 0 aliphatic rings. The summed E-state index contributed by atoms with van der Waals surface area (Å²) >= 11 is 1.25. The summed E-state index contributed by atoms with van der Waals surface area (Å²) in [5.41, 5.74) is 0.614. The number of carboxylic acids is 1. The maximum atomic E-state index is 11.9. The molecular weight excluding hydrogens is 306 g/mol. The highest BCUT2D eigenvalue weighted by Crippen LogP contribution is 2.16. The topological polar surface area (TPSA) is 108 Å². The minimum absolute atomic E-state index is 0.138. The summed E-state index contributed by atoms with van der Waals surface area (Å²) in [6.45, 7) is 7.00. The number of carbonyl (C=O) groups is 3. The first-order valence-electron chi connectivity index (χ1n) is 6.95. The van der Waals surface area contributed by atoms with Gasteiger partial charge in [-0.25, -0.2) is 9.78 Å². The second-order valence-electron chi connectivity index (χ2n) is 5.42. The van der Waals surface area contributed by atoms with Crippen molar-refractivity contribution in [2.24, 2.45) is 5.92 Å². The van der Waals surface area contributed by atoms with E-state index in [0.717, 1.165) is 5.01 Å². The predicted molar refractivity (Wildman–Crippen MR) is 82.9 cm³/mol. The first-order valence-corrected chi connectivity index (χ1v) is 7.76. The van der Waals surface area contributed by atoms with Gasteiger partial charge in [0.1, 0.15) is 10.9 Å². The molecule has 1 aromatic rings. The summed E-state index contributed by atoms with van der Waals surface area (Å²) < 4.78 is 0. The van der Waals surface area contributed by atoms with E-state index in [0.29, 0.717) is 17.0 Å². The number of aliphatic carboxylic acids is 1. The van der Waals surface area contributed by atoms with E-state index in [1.807, 2.05) is 13.8 Å². The van der Waals surface area contributed by atoms with Crippen molar-refractivity contribution >= 4 is 29.1 Å². The molecule has 2 amide bonds. The lowest BCUT2D eigenvalue weighted by molar-refractivity contribution is -0.142. The van der Waals surface area contributed by atoms with Crippen LogP contribution in [0.25, 0.3) is 0 Å². The zero-order valence-electron chi connectivity index (χ0n) is 13.1. The molecule has 0 fully saturated rings. The molecule has 0 aliphatic heterocycles. The maximum Gasteiger partial charge on any atom is 0.326 e. The Morgan fingerprint density at radius 2 is 1.91 bits per heavy atom. The number of carbonyl (C=O) groups excluding carboxylic acids is 2. The summed E-state index contributed by atoms with van der Waals surface area (Å²) in [6, 6.07) is -0.947. The lowest BCUT2D eigenvalue weighted by Gasteiger charge is -2.16. The van der Waals surface area contributed by atoms with Crippen molar-refractivity contribution in [2.45, 2.75) is 40.2 Å². The predicted octanol–water partition coefficient (Wildman–Crippen LogP) is 1.11. The number of amides is 2. The van der Waals surface area contributed by atoms with Crippen LogP contribution in [0.2, 0.25) is 0 Å². The third-order valence-electron chi connectivity index (χ3n) is 2.86. The van der Waals surface area contributed by atoms with Gasteiger partial charge in [-0.2, -0.15) is 0 Å². The van der Waals surface area contributed by atoms with Gasteiger partial charge in [0.25, 0.3) is 5.91 Å². The third kappa shape index (κ3) is 5.44. The number of aryl methyl sites for hydroxylation is 2. The average Bonchev–Trinajstić information content (AvgIpc) is 2.73. The highest BCUT2D eigenvalue weighted by molar-refractivity contribution is 7.13. The molecule has 122 valence electrons. The van der Waals surface area contributed by atoms with E-state index in [1.54, 1.807) is 13.8 Å². The third-order valence-corrected chi connectivity index (χ3v) is 3.93. The van der Waals surface area contributed by atoms with Crippen LogP contribution >= 0.6 is 11.3 Å². The van der Waals surface area contributed by atoms with Crippen molar-refractivity contribution in [1.82, 2.24) is 15.6 Å². The van der Waals surface area contributed by atoms with Crippen molar-refractivity contribution in [1.29, 1.82) is 0 Å². The van der Waals surface area contributed by atoms with Gasteiger partial charge in [-0.3, -0.25) is 9.59 Å². The summed E-state index contributed by atoms with van der Waals surface area (Å²) in [6.07, 6.45) is 0.335. The molecule has 1 rings (SSSR count). The van der Waals surface area contributed by atoms with Gasteiger partial charge in [-0.05, 0) is 26.2 Å². The van der Waals surface area contributed by atoms with E-state index in [9.17, 15) is 14.4 Å². The fourth-order valence-corrected chi connectivity index (χ4v) is 2.76. The number of aromatic nitrogens is 1. The molecule has 22 heavy (non-hydrogen) atoms. The molecule has 0 saturated heterocycles. The van der Waals surface area contributed by atoms with Gasteiger partial charge in [0.15, 0.2) is 0 Å². The average molecular weight is 327 g/mol. The Balaban J connectivity index is 2.53. The second kappa shape index (κ2) is 7.88. The first-order chi connectivity index (χ1) is 10.2. The molecule has 0 bridgehead atoms. The van der Waals surface area contributed by atoms with E-state index < -0.39 is 17.9 Å². The van der Waals surface area contributed by atoms with Crippen molar-refractivity contribution < 1.29 is 19.5 Å². The molecule has 0 saturated carbocycles. The van der Waals surface area contributed by atoms with Gasteiger partial charge >= 0.3 is 5.97 Å². The summed E-state index contributed by atoms with van der Waals surface area (Å²) in [5.74, 6) is -1.85. The van der Waals surface area contributed by atoms with Crippen molar-refractivity contribution in [3.8, 4) is 0 Å². The molecule has 1 atom stereocenters. The zero-order valence-corrected chi connectivity index (χ0v) is 13.9. The van der Waals surface area contributed by atoms with Crippen molar-refractivity contribution in [2.75, 3.05) is 6.54 Å². The van der Waals surface area contributed by atoms with Gasteiger partial charge in [0, 0.05) is 0 Å². The standard InChI is InChI=1S/C14H21N3O4S/c1-7(2)5-10(14(20)21)17-11(18)6-15-13(19)12-8(3)16-9(4)22-12/h7,10H,5-6H2,1-4H3,(H,15,19)(H,17,18)(H,20,21)/t10-/m0/s1. The summed E-state index contributed by atoms with van der Waals surface area (Å²) in [5, 5.41) is 14.7. The molecule has 3 N–H and O–H groups in total. The quantitative estimate of drug-likeness (QED) is 0.695. The van der Waals surface area contributed by atoms with E-state index in [2.05, 4.69) is 15.6 Å². The van der Waals surface area contributed by atoms with Gasteiger partial charge in [-0.1, -0.05) is 13.8 Å². The number of thiazole rings is 1. The maximum absolute atomic E-state index is 11.9. The second-order valence-corrected chi connectivity index (χ2v) is 6.62. The van der Waals surface area contributed by atoms with Crippen molar-refractivity contribution in [3.05, 3.63) is 15.6 Å². The normalized spacial score (nSPS) is 12.0. The number of hydrogen-bond donors (Lipinski definition) is 3. The smallest absolute Gasteiger partial charge is 0.326 e. The van der Waals surface area contributed by atoms with Gasteiger partial charge < -0.3 is 15.7 Å². The van der Waals surface area contributed by atoms with Crippen LogP contribution < -0.4 is 10.6 Å². The van der Waals surface area contributed by atoms with Crippen LogP contribution in [0.15, 0.2) is 0 Å². The molecule has 0 radical (unpaired) electrons. The summed E-state index contributed by atoms with van der Waals surface area (Å²) in [4.78, 5) is 39.4. The van der Waals surface area contributed by atoms with Crippen LogP contribution in [-0.4, -0.2) is 40.5 Å². The Bertz CT molecular complexity index is 568. The Hall–Kier alpha value is -1.96. The molecular formula is C14H21N3O4S. The molecule has 0 aliphatic carbocycles. The van der Waals surface area contributed by atoms with E-state index in [1.165, 1.54) is 11.3 Å². The van der Waals surface area contributed by atoms with Crippen LogP contribution in [-0.2, 0) is 9.59 Å². The number of nitrogens with zero attached hydrogens (tertiary/aromatic N) is 1. The Kier molecular flexibility index (Phi) is 6.48. The Morgan fingerprint density at radius 1 is 1.27 bits per heavy atom. The number of carboxylic acid groups (broad SMARTS) is 1. The number of rotatable bonds is 7. The lowest BCUT2D eigenvalue weighted by atomic mass is 10.0. The summed E-state index contributed by atoms with van der Waals surface area (Å²) in [7, 11) is 0. The van der Waals surface area contributed by atoms with Crippen LogP contribution in [0.3, 0.4) is 0 Å². The van der Waals surface area contributed by atoms with Gasteiger partial charge in [0.05, 0.1) is 17.2 Å². The minimum atomic E-state index is -1.08. The minimum Gasteiger partial charge on any atom is -0.480 e. The van der Waals surface area contributed by atoms with Crippen LogP contribution in [0, 0.1) is 19.8 Å². The molecule has 8 heteroatoms. The molecule has 7 nitrogen and oxygen atoms in total. The number of nitrogens with one attached hydrogen (secondary N) is 2. The highest BCUT2D eigenvalue weighted by atomic mass is 32.1. The van der Waals surface area contributed by atoms with Crippen LogP contribution in [0.1, 0.15) is 40.6 Å². The van der Waals surface area contributed by atoms with Crippen LogP contribution in [0.5, 0.6) is 0 Å². The molecule has 0 spiro atoms. The van der Waals surface area contributed by atoms with E-state index in [4.69, 9.17) is 5.11 Å². The fourth-order valence-electron chi connectivity index (χ4n) is 1.92. The fraction of sp³-hybridized carbons (Fsp3) is 0.571. The van der Waals surface area contributed by atoms with Crippen molar-refractivity contribution in [3.63, 3.8) is 0 Å². The Morgan fingerprint density at radius 3 is 2.36 bits per heavy atom. The first kappa shape index (κ1) is 18.1. The van der Waals surface area contributed by atoms with E-state index in [-0.39, 0.29) is 18.4 Å². The van der Waals surface area contributed by atoms with E-state index >= 15 is 0 Å². The molecule has 0 unspecified atom stereocenters. The Labute approximate surface area is 133 Å². The molecule has 1 heterocycles. The molecule has 1 aromatic heterocycles. The highest BCUT2D eigenvalue weighted by Gasteiger charge is 2.21. The largest absolute Gasteiger partial charge is 0.480 e. The van der Waals surface area contributed by atoms with Crippen LogP contribution in [0.4, 0.5) is 0 Å². The van der Waals surface area contributed by atoms with Gasteiger partial charge in [-0.15, -0.1) is 11.3 Å². The zero-order chi connectivity index (χ0) is 16.9.